The molecule has 0 aliphatic rings. The van der Waals surface area contributed by atoms with E-state index in [1.807, 2.05) is 24.3 Å². The van der Waals surface area contributed by atoms with Crippen molar-refractivity contribution in [3.05, 3.63) is 58.3 Å². The van der Waals surface area contributed by atoms with Crippen LogP contribution in [0, 0.1) is 0 Å². The zero-order chi connectivity index (χ0) is 14.7. The molecular formula is C14H10Cl2N4S. The van der Waals surface area contributed by atoms with Gasteiger partial charge in [-0.15, -0.1) is 5.10 Å². The number of hydrogen-bond donors (Lipinski definition) is 1. The Morgan fingerprint density at radius 2 is 2.10 bits per heavy atom. The molecule has 0 atom stereocenters. The molecule has 0 spiro atoms. The quantitative estimate of drug-likeness (QED) is 0.714. The summed E-state index contributed by atoms with van der Waals surface area (Å²) in [4.78, 5) is 8.49. The van der Waals surface area contributed by atoms with Gasteiger partial charge in [0.15, 0.2) is 5.82 Å². The first-order valence-electron chi connectivity index (χ1n) is 6.12. The average Bonchev–Trinajstić information content (AvgIpc) is 2.96. The maximum Gasteiger partial charge on any atom is 0.209 e. The van der Waals surface area contributed by atoms with E-state index in [1.165, 1.54) is 11.8 Å². The van der Waals surface area contributed by atoms with E-state index in [0.717, 1.165) is 11.1 Å². The second-order valence-electron chi connectivity index (χ2n) is 4.23. The number of rotatable bonds is 4. The van der Waals surface area contributed by atoms with E-state index in [4.69, 9.17) is 23.2 Å². The summed E-state index contributed by atoms with van der Waals surface area (Å²) >= 11 is 13.5. The van der Waals surface area contributed by atoms with Crippen LogP contribution in [0.25, 0.3) is 11.4 Å². The Bertz CT molecular complexity index is 746. The molecule has 2 heterocycles. The molecule has 1 aromatic carbocycles. The number of halogens is 2. The predicted octanol–water partition coefficient (Wildman–Crippen LogP) is 4.47. The zero-order valence-electron chi connectivity index (χ0n) is 10.8. The van der Waals surface area contributed by atoms with Crippen LogP contribution in [0.4, 0.5) is 0 Å². The minimum absolute atomic E-state index is 0.630. The number of nitrogens with one attached hydrogen (secondary N) is 1. The van der Waals surface area contributed by atoms with Gasteiger partial charge in [0.25, 0.3) is 0 Å². The van der Waals surface area contributed by atoms with Gasteiger partial charge in [-0.2, -0.15) is 0 Å². The van der Waals surface area contributed by atoms with Gasteiger partial charge in [0.05, 0.1) is 0 Å². The maximum atomic E-state index is 6.14. The summed E-state index contributed by atoms with van der Waals surface area (Å²) < 4.78 is 0. The molecule has 0 amide bonds. The van der Waals surface area contributed by atoms with E-state index in [1.54, 1.807) is 18.5 Å². The van der Waals surface area contributed by atoms with Crippen LogP contribution in [0.1, 0.15) is 5.56 Å². The number of benzene rings is 1. The van der Waals surface area contributed by atoms with Crippen molar-refractivity contribution in [2.45, 2.75) is 10.9 Å². The Balaban J connectivity index is 1.70. The number of aromatic nitrogens is 4. The van der Waals surface area contributed by atoms with Crippen LogP contribution in [-0.4, -0.2) is 20.2 Å². The highest BCUT2D eigenvalue weighted by Crippen LogP contribution is 2.27. The van der Waals surface area contributed by atoms with Crippen molar-refractivity contribution in [2.75, 3.05) is 0 Å². The third kappa shape index (κ3) is 3.56. The van der Waals surface area contributed by atoms with E-state index < -0.39 is 0 Å². The Labute approximate surface area is 135 Å². The molecule has 0 saturated carbocycles. The molecule has 106 valence electrons. The number of hydrogen-bond acceptors (Lipinski definition) is 4. The van der Waals surface area contributed by atoms with Gasteiger partial charge in [-0.1, -0.05) is 41.0 Å². The second-order valence-corrected chi connectivity index (χ2v) is 6.02. The molecule has 3 aromatic rings. The molecule has 3 rings (SSSR count). The number of aromatic amines is 1. The molecule has 4 nitrogen and oxygen atoms in total. The zero-order valence-corrected chi connectivity index (χ0v) is 13.1. The van der Waals surface area contributed by atoms with Crippen LogP contribution in [0.15, 0.2) is 47.9 Å². The largest absolute Gasteiger partial charge is 0.264 e. The lowest BCUT2D eigenvalue weighted by Crippen LogP contribution is -1.84. The Hall–Kier alpha value is -1.56. The van der Waals surface area contributed by atoms with Crippen molar-refractivity contribution in [2.24, 2.45) is 0 Å². The smallest absolute Gasteiger partial charge is 0.209 e. The minimum Gasteiger partial charge on any atom is -0.264 e. The molecule has 1 N–H and O–H groups in total. The first-order chi connectivity index (χ1) is 10.2. The molecule has 0 unspecified atom stereocenters. The van der Waals surface area contributed by atoms with Gasteiger partial charge in [0, 0.05) is 33.8 Å². The highest BCUT2D eigenvalue weighted by Gasteiger charge is 2.08. The molecule has 21 heavy (non-hydrogen) atoms. The number of pyridine rings is 1. The molecule has 2 aromatic heterocycles. The SMILES string of the molecule is Clc1ccc(CSc2n[nH]c(-c3cccnc3)n2)c(Cl)c1. The first kappa shape index (κ1) is 14.4. The lowest BCUT2D eigenvalue weighted by molar-refractivity contribution is 0.973. The van der Waals surface area contributed by atoms with Crippen molar-refractivity contribution < 1.29 is 0 Å². The van der Waals surface area contributed by atoms with Crippen LogP contribution >= 0.6 is 35.0 Å². The molecular weight excluding hydrogens is 327 g/mol. The van der Waals surface area contributed by atoms with Crippen molar-refractivity contribution in [1.29, 1.82) is 0 Å². The van der Waals surface area contributed by atoms with E-state index in [0.29, 0.717) is 26.8 Å². The van der Waals surface area contributed by atoms with Crippen LogP contribution in [0.5, 0.6) is 0 Å². The highest BCUT2D eigenvalue weighted by molar-refractivity contribution is 7.98. The van der Waals surface area contributed by atoms with E-state index in [2.05, 4.69) is 20.2 Å². The van der Waals surface area contributed by atoms with Crippen molar-refractivity contribution in [3.63, 3.8) is 0 Å². The van der Waals surface area contributed by atoms with Crippen molar-refractivity contribution in [3.8, 4) is 11.4 Å². The summed E-state index contributed by atoms with van der Waals surface area (Å²) in [7, 11) is 0. The van der Waals surface area contributed by atoms with Crippen molar-refractivity contribution in [1.82, 2.24) is 20.2 Å². The molecule has 7 heteroatoms. The molecule has 0 aliphatic heterocycles. The lowest BCUT2D eigenvalue weighted by Gasteiger charge is -2.02. The molecule has 0 fully saturated rings. The predicted molar refractivity (Wildman–Crippen MR) is 85.6 cm³/mol. The van der Waals surface area contributed by atoms with Crippen LogP contribution in [-0.2, 0) is 5.75 Å². The van der Waals surface area contributed by atoms with E-state index >= 15 is 0 Å². The van der Waals surface area contributed by atoms with Gasteiger partial charge in [-0.05, 0) is 29.8 Å². The summed E-state index contributed by atoms with van der Waals surface area (Å²) in [6.07, 6.45) is 3.46. The highest BCUT2D eigenvalue weighted by atomic mass is 35.5. The van der Waals surface area contributed by atoms with Gasteiger partial charge in [-0.25, -0.2) is 4.98 Å². The molecule has 0 radical (unpaired) electrons. The number of H-pyrrole nitrogens is 1. The number of thioether (sulfide) groups is 1. The van der Waals surface area contributed by atoms with E-state index in [9.17, 15) is 0 Å². The van der Waals surface area contributed by atoms with Crippen molar-refractivity contribution >= 4 is 35.0 Å². The monoisotopic (exact) mass is 336 g/mol. The lowest BCUT2D eigenvalue weighted by atomic mass is 10.2. The summed E-state index contributed by atoms with van der Waals surface area (Å²) in [6, 6.07) is 9.25. The Kier molecular flexibility index (Phi) is 4.43. The Morgan fingerprint density at radius 3 is 2.86 bits per heavy atom. The summed E-state index contributed by atoms with van der Waals surface area (Å²) in [6.45, 7) is 0. The maximum absolute atomic E-state index is 6.14. The topological polar surface area (TPSA) is 54.5 Å². The fourth-order valence-electron chi connectivity index (χ4n) is 1.72. The second kappa shape index (κ2) is 6.47. The summed E-state index contributed by atoms with van der Waals surface area (Å²) in [5.74, 6) is 1.38. The van der Waals surface area contributed by atoms with Gasteiger partial charge >= 0.3 is 0 Å². The Morgan fingerprint density at radius 1 is 1.19 bits per heavy atom. The minimum atomic E-state index is 0.630. The van der Waals surface area contributed by atoms with Gasteiger partial charge in [0.2, 0.25) is 5.16 Å². The number of nitrogens with zero attached hydrogens (tertiary/aromatic N) is 3. The van der Waals surface area contributed by atoms with Gasteiger partial charge in [0.1, 0.15) is 0 Å². The normalized spacial score (nSPS) is 10.8. The molecule has 0 saturated heterocycles. The standard InChI is InChI=1S/C14H10Cl2N4S/c15-11-4-3-10(12(16)6-11)8-21-14-18-13(19-20-14)9-2-1-5-17-7-9/h1-7H,8H2,(H,18,19,20). The molecule has 0 bridgehead atoms. The van der Waals surface area contributed by atoms with Crippen LogP contribution in [0.2, 0.25) is 10.0 Å². The summed E-state index contributed by atoms with van der Waals surface area (Å²) in [5.41, 5.74) is 1.90. The van der Waals surface area contributed by atoms with Crippen LogP contribution in [0.3, 0.4) is 0 Å². The third-order valence-corrected chi connectivity index (χ3v) is 4.25. The fraction of sp³-hybridized carbons (Fsp3) is 0.0714. The molecule has 0 aliphatic carbocycles. The van der Waals surface area contributed by atoms with Gasteiger partial charge in [-0.3, -0.25) is 10.1 Å². The first-order valence-corrected chi connectivity index (χ1v) is 7.86. The summed E-state index contributed by atoms with van der Waals surface area (Å²) in [5, 5.41) is 9.04. The third-order valence-electron chi connectivity index (χ3n) is 2.77. The van der Waals surface area contributed by atoms with E-state index in [-0.39, 0.29) is 0 Å². The van der Waals surface area contributed by atoms with Crippen LogP contribution < -0.4 is 0 Å². The van der Waals surface area contributed by atoms with Gasteiger partial charge < -0.3 is 0 Å². The average molecular weight is 337 g/mol. The fourth-order valence-corrected chi connectivity index (χ4v) is 3.08.